The van der Waals surface area contributed by atoms with E-state index in [0.29, 0.717) is 30.0 Å². The fourth-order valence-corrected chi connectivity index (χ4v) is 6.85. The summed E-state index contributed by atoms with van der Waals surface area (Å²) >= 11 is 0. The molecule has 0 saturated carbocycles. The number of hydrogen-bond donors (Lipinski definition) is 1. The van der Waals surface area contributed by atoms with Gasteiger partial charge in [0.1, 0.15) is 5.60 Å². The van der Waals surface area contributed by atoms with Crippen LogP contribution in [0.5, 0.6) is 11.5 Å². The number of carbonyl (C=O) groups excluding carboxylic acids is 2. The van der Waals surface area contributed by atoms with E-state index < -0.39 is 0 Å². The van der Waals surface area contributed by atoms with E-state index >= 15 is 0 Å². The molecule has 6 rings (SSSR count). The van der Waals surface area contributed by atoms with Gasteiger partial charge in [-0.2, -0.15) is 5.10 Å². The number of piperazine rings is 1. The number of methoxy groups -OCH3 is 1. The van der Waals surface area contributed by atoms with Crippen LogP contribution >= 0.6 is 0 Å². The minimum Gasteiger partial charge on any atom is -0.493 e. The molecule has 0 radical (unpaired) electrons. The molecule has 43 heavy (non-hydrogen) atoms. The number of fused-ring (bicyclic) bond motifs is 2. The van der Waals surface area contributed by atoms with Crippen molar-refractivity contribution in [2.45, 2.75) is 51.2 Å². The van der Waals surface area contributed by atoms with E-state index in [1.54, 1.807) is 12.1 Å². The molecule has 4 aliphatic rings. The van der Waals surface area contributed by atoms with Gasteiger partial charge in [0.25, 0.3) is 11.8 Å². The van der Waals surface area contributed by atoms with Gasteiger partial charge in [0, 0.05) is 54.7 Å². The van der Waals surface area contributed by atoms with Crippen molar-refractivity contribution in [2.75, 3.05) is 52.4 Å². The summed E-state index contributed by atoms with van der Waals surface area (Å²) in [6, 6.07) is 11.5. The molecule has 9 heteroatoms. The number of hydrogen-bond acceptors (Lipinski definition) is 7. The van der Waals surface area contributed by atoms with Crippen molar-refractivity contribution in [1.82, 2.24) is 15.1 Å². The summed E-state index contributed by atoms with van der Waals surface area (Å²) in [6.07, 6.45) is 7.35. The summed E-state index contributed by atoms with van der Waals surface area (Å²) in [6.45, 7) is 7.34. The highest BCUT2D eigenvalue weighted by atomic mass is 16.5. The van der Waals surface area contributed by atoms with Crippen LogP contribution in [0.1, 0.15) is 54.6 Å². The lowest BCUT2D eigenvalue weighted by Crippen LogP contribution is -2.54. The maximum Gasteiger partial charge on any atom is 0.254 e. The number of ether oxygens (including phenoxy) is 2. The number of allylic oxidation sites excluding steroid dienone is 2. The summed E-state index contributed by atoms with van der Waals surface area (Å²) in [5.41, 5.74) is 3.92. The molecule has 1 saturated heterocycles. The molecule has 9 nitrogen and oxygen atoms in total. The third-order valence-electron chi connectivity index (χ3n) is 9.10. The van der Waals surface area contributed by atoms with E-state index in [1.165, 1.54) is 0 Å². The van der Waals surface area contributed by atoms with E-state index in [9.17, 15) is 9.59 Å². The van der Waals surface area contributed by atoms with E-state index in [2.05, 4.69) is 56.4 Å². The van der Waals surface area contributed by atoms with Gasteiger partial charge in [-0.3, -0.25) is 9.59 Å². The summed E-state index contributed by atoms with van der Waals surface area (Å²) in [5.74, 6) is 1.28. The predicted molar refractivity (Wildman–Crippen MR) is 168 cm³/mol. The Morgan fingerprint density at radius 2 is 1.86 bits per heavy atom. The molecule has 3 atom stereocenters. The average molecular weight is 586 g/mol. The number of nitrogens with one attached hydrogen (secondary N) is 1. The Morgan fingerprint density at radius 1 is 1.12 bits per heavy atom. The van der Waals surface area contributed by atoms with Crippen molar-refractivity contribution in [2.24, 2.45) is 16.9 Å². The fourth-order valence-electron chi connectivity index (χ4n) is 6.85. The lowest BCUT2D eigenvalue weighted by Gasteiger charge is -2.37. The molecule has 3 aliphatic heterocycles. The summed E-state index contributed by atoms with van der Waals surface area (Å²) in [4.78, 5) is 31.6. The first-order valence-corrected chi connectivity index (χ1v) is 15.4. The first-order valence-electron chi connectivity index (χ1n) is 15.4. The number of anilines is 1. The second-order valence-electron chi connectivity index (χ2n) is 12.9. The maximum absolute atomic E-state index is 13.9. The molecule has 2 aromatic rings. The molecule has 3 heterocycles. The highest BCUT2D eigenvalue weighted by molar-refractivity contribution is 6.12. The van der Waals surface area contributed by atoms with E-state index in [-0.39, 0.29) is 35.3 Å². The zero-order valence-electron chi connectivity index (χ0n) is 25.9. The van der Waals surface area contributed by atoms with Gasteiger partial charge in [-0.25, -0.2) is 5.01 Å². The topological polar surface area (TPSA) is 86.7 Å². The summed E-state index contributed by atoms with van der Waals surface area (Å²) in [7, 11) is 5.77. The van der Waals surface area contributed by atoms with Crippen LogP contribution < -0.4 is 19.8 Å². The number of nitrogens with zero attached hydrogens (tertiary/aromatic N) is 4. The molecule has 2 amide bonds. The lowest BCUT2D eigenvalue weighted by molar-refractivity contribution is -0.123. The first kappa shape index (κ1) is 29.4. The molecule has 0 aromatic heterocycles. The Morgan fingerprint density at radius 3 is 2.58 bits per heavy atom. The number of carbonyl (C=O) groups is 2. The lowest BCUT2D eigenvalue weighted by atomic mass is 9.75. The van der Waals surface area contributed by atoms with Gasteiger partial charge in [-0.05, 0) is 90.1 Å². The largest absolute Gasteiger partial charge is 0.493 e. The van der Waals surface area contributed by atoms with E-state index in [1.807, 2.05) is 35.2 Å². The molecule has 1 unspecified atom stereocenters. The first-order chi connectivity index (χ1) is 20.7. The average Bonchev–Trinajstić information content (AvgIpc) is 3.35. The predicted octanol–water partition coefficient (Wildman–Crippen LogP) is 4.11. The van der Waals surface area contributed by atoms with Gasteiger partial charge in [0.15, 0.2) is 11.5 Å². The van der Waals surface area contributed by atoms with Crippen LogP contribution in [-0.4, -0.2) is 86.4 Å². The molecule has 1 aliphatic carbocycles. The Balaban J connectivity index is 1.32. The van der Waals surface area contributed by atoms with Gasteiger partial charge >= 0.3 is 0 Å². The third-order valence-corrected chi connectivity index (χ3v) is 9.10. The van der Waals surface area contributed by atoms with Gasteiger partial charge in [0.05, 0.1) is 24.4 Å². The van der Waals surface area contributed by atoms with Crippen molar-refractivity contribution in [3.8, 4) is 11.5 Å². The molecular weight excluding hydrogens is 542 g/mol. The Bertz CT molecular complexity index is 1450. The van der Waals surface area contributed by atoms with Crippen LogP contribution in [0.25, 0.3) is 0 Å². The van der Waals surface area contributed by atoms with Gasteiger partial charge in [-0.15, -0.1) is 0 Å². The standard InChI is InChI=1S/C34H43N5O4/c1-34(2)20-28-26(14-15-29(42-5)31(28)43-34)30-25-8-6-7-9-27(25)33(41)39(36-30)23-12-10-22(11-13-23)32(40)38-19-17-35-21-24(38)16-18-37(3)4/h6-7,10-15,24-25,27,35H,8-9,16-21H2,1-5H3/t24?,25-,27+/m0/s1. The van der Waals surface area contributed by atoms with Crippen molar-refractivity contribution in [1.29, 1.82) is 0 Å². The van der Waals surface area contributed by atoms with Crippen LogP contribution in [0.4, 0.5) is 5.69 Å². The second-order valence-corrected chi connectivity index (χ2v) is 12.9. The SMILES string of the molecule is COc1ccc(C2=NN(c3ccc(C(=O)N4CCNCC4CCN(C)C)cc3)C(=O)[C@@H]3CC=CC[C@H]23)c2c1OC(C)(C)C2. The summed E-state index contributed by atoms with van der Waals surface area (Å²) < 4.78 is 12.0. The molecule has 2 aromatic carbocycles. The zero-order chi connectivity index (χ0) is 30.3. The Hall–Kier alpha value is -3.69. The molecule has 0 bridgehead atoms. The fraction of sp³-hybridized carbons (Fsp3) is 0.500. The van der Waals surface area contributed by atoms with Crippen molar-refractivity contribution in [3.05, 3.63) is 65.2 Å². The molecule has 1 fully saturated rings. The molecule has 228 valence electrons. The minimum atomic E-state index is -0.361. The Kier molecular flexibility index (Phi) is 8.04. The quantitative estimate of drug-likeness (QED) is 0.493. The molecule has 0 spiro atoms. The minimum absolute atomic E-state index is 0.00947. The van der Waals surface area contributed by atoms with Gasteiger partial charge in [0.2, 0.25) is 0 Å². The van der Waals surface area contributed by atoms with Crippen LogP contribution in [0.2, 0.25) is 0 Å². The highest BCUT2D eigenvalue weighted by Crippen LogP contribution is 2.46. The second kappa shape index (κ2) is 11.8. The van der Waals surface area contributed by atoms with Gasteiger partial charge < -0.3 is 24.6 Å². The molecule has 1 N–H and O–H groups in total. The van der Waals surface area contributed by atoms with Crippen LogP contribution in [0, 0.1) is 11.8 Å². The number of amides is 2. The van der Waals surface area contributed by atoms with Crippen molar-refractivity contribution >= 4 is 23.2 Å². The van der Waals surface area contributed by atoms with Crippen LogP contribution in [0.3, 0.4) is 0 Å². The smallest absolute Gasteiger partial charge is 0.254 e. The van der Waals surface area contributed by atoms with E-state index in [0.717, 1.165) is 61.5 Å². The molecular formula is C34H43N5O4. The Labute approximate surface area is 254 Å². The van der Waals surface area contributed by atoms with Crippen LogP contribution in [-0.2, 0) is 11.2 Å². The number of rotatable bonds is 7. The van der Waals surface area contributed by atoms with Gasteiger partial charge in [-0.1, -0.05) is 12.2 Å². The van der Waals surface area contributed by atoms with Crippen LogP contribution in [0.15, 0.2) is 53.7 Å². The number of benzene rings is 2. The zero-order valence-corrected chi connectivity index (χ0v) is 25.9. The normalized spacial score (nSPS) is 24.4. The monoisotopic (exact) mass is 585 g/mol. The van der Waals surface area contributed by atoms with E-state index in [4.69, 9.17) is 14.6 Å². The summed E-state index contributed by atoms with van der Waals surface area (Å²) in [5, 5.41) is 10.0. The highest BCUT2D eigenvalue weighted by Gasteiger charge is 2.43. The number of hydrazone groups is 1. The van der Waals surface area contributed by atoms with Crippen molar-refractivity contribution < 1.29 is 19.1 Å². The third kappa shape index (κ3) is 5.68. The maximum atomic E-state index is 13.9. The van der Waals surface area contributed by atoms with Crippen molar-refractivity contribution in [3.63, 3.8) is 0 Å².